The Morgan fingerprint density at radius 2 is 1.95 bits per heavy atom. The van der Waals surface area contributed by atoms with Gasteiger partial charge >= 0.3 is 0 Å². The molecule has 5 rings (SSSR count). The van der Waals surface area contributed by atoms with Crippen molar-refractivity contribution in [1.82, 2.24) is 24.7 Å². The van der Waals surface area contributed by atoms with Crippen molar-refractivity contribution in [3.8, 4) is 17.7 Å². The third-order valence-corrected chi connectivity index (χ3v) is 5.53. The molecule has 3 aromatic heterocycles. The lowest BCUT2D eigenvalue weighted by Gasteiger charge is -2.12. The van der Waals surface area contributed by atoms with Gasteiger partial charge in [-0.05, 0) is 51.1 Å². The summed E-state index contributed by atoms with van der Waals surface area (Å²) in [4.78, 5) is 13.2. The van der Waals surface area contributed by atoms with Gasteiger partial charge in [0.1, 0.15) is 11.5 Å². The van der Waals surface area contributed by atoms with Crippen molar-refractivity contribution in [2.24, 2.45) is 0 Å². The Labute approximate surface area is 212 Å². The normalized spacial score (nSPS) is 12.6. The zero-order valence-electron chi connectivity index (χ0n) is 20.5. The Balaban J connectivity index is 1.58. The second kappa shape index (κ2) is 9.72. The Hall–Kier alpha value is -4.75. The van der Waals surface area contributed by atoms with E-state index in [0.29, 0.717) is 40.5 Å². The van der Waals surface area contributed by atoms with Gasteiger partial charge in [-0.3, -0.25) is 4.57 Å². The van der Waals surface area contributed by atoms with Crippen LogP contribution in [0.25, 0.3) is 16.9 Å². The van der Waals surface area contributed by atoms with Gasteiger partial charge in [0, 0.05) is 23.9 Å². The second-order valence-corrected chi connectivity index (χ2v) is 8.51. The highest BCUT2D eigenvalue weighted by molar-refractivity contribution is 5.82. The van der Waals surface area contributed by atoms with Crippen molar-refractivity contribution in [3.63, 3.8) is 0 Å². The Morgan fingerprint density at radius 1 is 1.14 bits per heavy atom. The molecule has 0 aliphatic rings. The summed E-state index contributed by atoms with van der Waals surface area (Å²) in [7, 11) is 0. The van der Waals surface area contributed by atoms with Gasteiger partial charge in [-0.2, -0.15) is 4.98 Å². The third kappa shape index (κ3) is 4.98. The average Bonchev–Trinajstić information content (AvgIpc) is 3.48. The zero-order chi connectivity index (χ0) is 26.0. The highest BCUT2D eigenvalue weighted by atomic mass is 19.1. The van der Waals surface area contributed by atoms with Gasteiger partial charge in [-0.1, -0.05) is 35.2 Å². The van der Waals surface area contributed by atoms with Crippen LogP contribution in [0.15, 0.2) is 65.3 Å². The predicted molar refractivity (Wildman–Crippen MR) is 138 cm³/mol. The molecule has 5 aromatic rings. The van der Waals surface area contributed by atoms with Crippen LogP contribution in [0.2, 0.25) is 0 Å². The van der Waals surface area contributed by atoms with Crippen LogP contribution in [0.3, 0.4) is 0 Å². The fourth-order valence-electron chi connectivity index (χ4n) is 3.72. The standard InChI is InChI=1S/C27H24FN7O2/c1-4-29-26-32-21-11-10-18(12-13-27(3,36)23-14-17(2)37-34-23)15-22(21)35(26)24-20(28)16-30-25(33-24)31-19-8-6-5-7-9-19/h5-11,14-16,36H,4H2,1-3H3,(H,29,32)(H,30,31,33). The number of fused-ring (bicyclic) bond motifs is 1. The Morgan fingerprint density at radius 3 is 2.68 bits per heavy atom. The van der Waals surface area contributed by atoms with Crippen LogP contribution < -0.4 is 10.6 Å². The highest BCUT2D eigenvalue weighted by Gasteiger charge is 2.24. The van der Waals surface area contributed by atoms with Gasteiger partial charge in [0.15, 0.2) is 17.2 Å². The van der Waals surface area contributed by atoms with Crippen molar-refractivity contribution in [2.75, 3.05) is 17.2 Å². The minimum Gasteiger partial charge on any atom is -0.372 e. The minimum atomic E-state index is -1.52. The summed E-state index contributed by atoms with van der Waals surface area (Å²) in [6, 6.07) is 16.4. The molecule has 3 heterocycles. The summed E-state index contributed by atoms with van der Waals surface area (Å²) in [6.45, 7) is 5.77. The number of anilines is 3. The number of hydrogen-bond donors (Lipinski definition) is 3. The van der Waals surface area contributed by atoms with E-state index in [1.807, 2.05) is 37.3 Å². The van der Waals surface area contributed by atoms with Crippen LogP contribution in [0.4, 0.5) is 22.0 Å². The lowest BCUT2D eigenvalue weighted by Crippen LogP contribution is -2.18. The molecule has 9 nitrogen and oxygen atoms in total. The SMILES string of the molecule is CCNc1nc2ccc(C#CC(C)(O)c3cc(C)on3)cc2n1-c1nc(Nc2ccccc2)ncc1F. The van der Waals surface area contributed by atoms with Crippen molar-refractivity contribution < 1.29 is 14.0 Å². The number of para-hydroxylation sites is 1. The third-order valence-electron chi connectivity index (χ3n) is 5.53. The van der Waals surface area contributed by atoms with Crippen molar-refractivity contribution >= 4 is 28.6 Å². The number of halogens is 1. The lowest BCUT2D eigenvalue weighted by atomic mass is 10.0. The fraction of sp³-hybridized carbons (Fsp3) is 0.185. The number of aryl methyl sites for hydroxylation is 1. The molecule has 0 aliphatic carbocycles. The first-order chi connectivity index (χ1) is 17.8. The minimum absolute atomic E-state index is 0.0297. The Bertz CT molecular complexity index is 1630. The molecule has 37 heavy (non-hydrogen) atoms. The number of rotatable bonds is 6. The van der Waals surface area contributed by atoms with Gasteiger partial charge < -0.3 is 20.3 Å². The number of aromatic nitrogens is 5. The molecule has 0 saturated carbocycles. The Kier molecular flexibility index (Phi) is 6.29. The van der Waals surface area contributed by atoms with Crippen molar-refractivity contribution in [3.05, 3.63) is 83.6 Å². The average molecular weight is 498 g/mol. The number of aliphatic hydroxyl groups is 1. The van der Waals surface area contributed by atoms with E-state index in [-0.39, 0.29) is 11.8 Å². The molecule has 3 N–H and O–H groups in total. The lowest BCUT2D eigenvalue weighted by molar-refractivity contribution is 0.112. The van der Waals surface area contributed by atoms with E-state index in [4.69, 9.17) is 4.52 Å². The van der Waals surface area contributed by atoms with Gasteiger partial charge in [-0.25, -0.2) is 14.4 Å². The molecule has 0 bridgehead atoms. The number of nitrogens with zero attached hydrogens (tertiary/aromatic N) is 5. The van der Waals surface area contributed by atoms with E-state index in [2.05, 4.69) is 42.6 Å². The molecule has 0 saturated heterocycles. The van der Waals surface area contributed by atoms with E-state index in [1.54, 1.807) is 42.7 Å². The van der Waals surface area contributed by atoms with Crippen LogP contribution in [-0.4, -0.2) is 36.3 Å². The highest BCUT2D eigenvalue weighted by Crippen LogP contribution is 2.27. The molecule has 0 aliphatic heterocycles. The van der Waals surface area contributed by atoms with Gasteiger partial charge in [0.2, 0.25) is 11.9 Å². The summed E-state index contributed by atoms with van der Waals surface area (Å²) >= 11 is 0. The van der Waals surface area contributed by atoms with E-state index >= 15 is 4.39 Å². The monoisotopic (exact) mass is 497 g/mol. The van der Waals surface area contributed by atoms with Crippen LogP contribution in [0, 0.1) is 24.6 Å². The van der Waals surface area contributed by atoms with Crippen LogP contribution >= 0.6 is 0 Å². The second-order valence-electron chi connectivity index (χ2n) is 8.51. The van der Waals surface area contributed by atoms with Crippen LogP contribution in [0.5, 0.6) is 0 Å². The predicted octanol–water partition coefficient (Wildman–Crippen LogP) is 4.69. The number of imidazole rings is 1. The van der Waals surface area contributed by atoms with Crippen LogP contribution in [-0.2, 0) is 5.60 Å². The first kappa shape index (κ1) is 24.0. The maximum Gasteiger partial charge on any atom is 0.229 e. The fourth-order valence-corrected chi connectivity index (χ4v) is 3.72. The molecule has 0 fully saturated rings. The number of nitrogens with one attached hydrogen (secondary N) is 2. The molecule has 1 atom stereocenters. The van der Waals surface area contributed by atoms with E-state index in [1.165, 1.54) is 0 Å². The first-order valence-electron chi connectivity index (χ1n) is 11.6. The summed E-state index contributed by atoms with van der Waals surface area (Å²) in [5, 5.41) is 20.9. The van der Waals surface area contributed by atoms with E-state index in [0.717, 1.165) is 11.9 Å². The smallest absolute Gasteiger partial charge is 0.229 e. The largest absolute Gasteiger partial charge is 0.372 e. The maximum absolute atomic E-state index is 15.1. The molecule has 0 radical (unpaired) electrons. The van der Waals surface area contributed by atoms with Crippen molar-refractivity contribution in [2.45, 2.75) is 26.4 Å². The quantitative estimate of drug-likeness (QED) is 0.290. The molecular weight excluding hydrogens is 473 g/mol. The molecule has 1 unspecified atom stereocenters. The summed E-state index contributed by atoms with van der Waals surface area (Å²) < 4.78 is 21.8. The van der Waals surface area contributed by atoms with E-state index < -0.39 is 11.4 Å². The molecule has 10 heteroatoms. The number of benzene rings is 2. The van der Waals surface area contributed by atoms with Gasteiger partial charge in [0.05, 0.1) is 17.2 Å². The summed E-state index contributed by atoms with van der Waals surface area (Å²) in [5.41, 5.74) is 1.38. The molecular formula is C27H24FN7O2. The number of hydrogen-bond acceptors (Lipinski definition) is 8. The summed E-state index contributed by atoms with van der Waals surface area (Å²) in [5.74, 6) is 6.47. The molecule has 186 valence electrons. The topological polar surface area (TPSA) is 114 Å². The van der Waals surface area contributed by atoms with Gasteiger partial charge in [0.25, 0.3) is 0 Å². The maximum atomic E-state index is 15.1. The molecule has 2 aromatic carbocycles. The summed E-state index contributed by atoms with van der Waals surface area (Å²) in [6.07, 6.45) is 1.12. The molecule has 0 amide bonds. The van der Waals surface area contributed by atoms with Gasteiger partial charge in [-0.15, -0.1) is 0 Å². The molecule has 0 spiro atoms. The van der Waals surface area contributed by atoms with Crippen LogP contribution in [0.1, 0.15) is 30.9 Å². The first-order valence-corrected chi connectivity index (χ1v) is 11.6. The zero-order valence-corrected chi connectivity index (χ0v) is 20.5. The van der Waals surface area contributed by atoms with E-state index in [9.17, 15) is 5.11 Å². The van der Waals surface area contributed by atoms with Crippen molar-refractivity contribution in [1.29, 1.82) is 0 Å².